The maximum atomic E-state index is 5.96. The predicted molar refractivity (Wildman–Crippen MR) is 70.4 cm³/mol. The minimum Gasteiger partial charge on any atom is -0.324 e. The van der Waals surface area contributed by atoms with Crippen molar-refractivity contribution in [2.24, 2.45) is 5.73 Å². The van der Waals surface area contributed by atoms with Gasteiger partial charge in [-0.2, -0.15) is 0 Å². The minimum absolute atomic E-state index is 0.167. The van der Waals surface area contributed by atoms with Gasteiger partial charge in [-0.15, -0.1) is 0 Å². The van der Waals surface area contributed by atoms with Crippen LogP contribution in [0.2, 0.25) is 0 Å². The van der Waals surface area contributed by atoms with E-state index < -0.39 is 0 Å². The van der Waals surface area contributed by atoms with Gasteiger partial charge in [-0.05, 0) is 49.5 Å². The fourth-order valence-electron chi connectivity index (χ4n) is 2.58. The molecule has 0 heterocycles. The van der Waals surface area contributed by atoms with Crippen molar-refractivity contribution in [1.82, 2.24) is 0 Å². The molecule has 2 rings (SSSR count). The van der Waals surface area contributed by atoms with E-state index in [1.54, 1.807) is 0 Å². The Morgan fingerprint density at radius 3 is 2.31 bits per heavy atom. The van der Waals surface area contributed by atoms with Crippen LogP contribution < -0.4 is 5.73 Å². The molecule has 84 valence electrons. The Labute approximate surface area is 97.7 Å². The Bertz CT molecular complexity index is 443. The summed E-state index contributed by atoms with van der Waals surface area (Å²) in [6, 6.07) is 4.65. The summed E-state index contributed by atoms with van der Waals surface area (Å²) >= 11 is 0. The second-order valence-electron chi connectivity index (χ2n) is 4.72. The van der Waals surface area contributed by atoms with Crippen LogP contribution in [0.5, 0.6) is 0 Å². The number of hydrogen-bond acceptors (Lipinski definition) is 1. The molecule has 1 atom stereocenters. The van der Waals surface area contributed by atoms with Gasteiger partial charge in [0, 0.05) is 6.04 Å². The van der Waals surface area contributed by atoms with Crippen LogP contribution in [-0.2, 0) is 0 Å². The molecule has 16 heavy (non-hydrogen) atoms. The largest absolute Gasteiger partial charge is 0.324 e. The van der Waals surface area contributed by atoms with Crippen molar-refractivity contribution >= 4 is 5.57 Å². The van der Waals surface area contributed by atoms with Crippen LogP contribution in [0.1, 0.15) is 28.7 Å². The average molecular weight is 213 g/mol. The molecule has 0 radical (unpaired) electrons. The molecule has 1 aromatic carbocycles. The second kappa shape index (κ2) is 4.26. The number of aryl methyl sites for hydroxylation is 3. The second-order valence-corrected chi connectivity index (χ2v) is 4.72. The molecule has 0 amide bonds. The molecule has 0 saturated carbocycles. The van der Waals surface area contributed by atoms with Crippen molar-refractivity contribution in [3.05, 3.63) is 52.6 Å². The van der Waals surface area contributed by atoms with E-state index in [0.29, 0.717) is 0 Å². The van der Waals surface area contributed by atoms with Crippen LogP contribution in [-0.4, -0.2) is 6.04 Å². The van der Waals surface area contributed by atoms with Gasteiger partial charge in [0.15, 0.2) is 0 Å². The van der Waals surface area contributed by atoms with E-state index in [-0.39, 0.29) is 6.04 Å². The molecule has 0 aromatic heterocycles. The van der Waals surface area contributed by atoms with Gasteiger partial charge in [-0.3, -0.25) is 0 Å². The van der Waals surface area contributed by atoms with Gasteiger partial charge < -0.3 is 5.73 Å². The molecular weight excluding hydrogens is 194 g/mol. The summed E-state index contributed by atoms with van der Waals surface area (Å²) in [5, 5.41) is 0. The summed E-state index contributed by atoms with van der Waals surface area (Å²) in [7, 11) is 0. The SMILES string of the molecule is Cc1cc(C)c(C2=CC=CC(N)C2)c(C)c1. The highest BCUT2D eigenvalue weighted by Crippen LogP contribution is 2.29. The lowest BCUT2D eigenvalue weighted by Gasteiger charge is -2.19. The Hall–Kier alpha value is -1.34. The molecule has 0 fully saturated rings. The molecule has 1 aliphatic rings. The van der Waals surface area contributed by atoms with Crippen molar-refractivity contribution < 1.29 is 0 Å². The molecule has 2 N–H and O–H groups in total. The van der Waals surface area contributed by atoms with Crippen molar-refractivity contribution in [3.8, 4) is 0 Å². The first-order valence-electron chi connectivity index (χ1n) is 5.79. The maximum Gasteiger partial charge on any atom is 0.0267 e. The van der Waals surface area contributed by atoms with Crippen LogP contribution in [0.25, 0.3) is 5.57 Å². The normalized spacial score (nSPS) is 19.8. The van der Waals surface area contributed by atoms with Crippen LogP contribution >= 0.6 is 0 Å². The van der Waals surface area contributed by atoms with Crippen molar-refractivity contribution in [3.63, 3.8) is 0 Å². The average Bonchev–Trinajstić information content (AvgIpc) is 2.15. The predicted octanol–water partition coefficient (Wildman–Crippen LogP) is 3.28. The van der Waals surface area contributed by atoms with Crippen LogP contribution in [0.15, 0.2) is 30.4 Å². The summed E-state index contributed by atoms with van der Waals surface area (Å²) in [6.45, 7) is 6.50. The van der Waals surface area contributed by atoms with Gasteiger partial charge in [0.05, 0.1) is 0 Å². The van der Waals surface area contributed by atoms with Gasteiger partial charge in [0.1, 0.15) is 0 Å². The zero-order valence-corrected chi connectivity index (χ0v) is 10.2. The van der Waals surface area contributed by atoms with E-state index in [2.05, 4.69) is 51.1 Å². The molecule has 0 spiro atoms. The third kappa shape index (κ3) is 2.10. The van der Waals surface area contributed by atoms with Crippen molar-refractivity contribution in [2.75, 3.05) is 0 Å². The van der Waals surface area contributed by atoms with Gasteiger partial charge in [-0.1, -0.05) is 35.9 Å². The van der Waals surface area contributed by atoms with E-state index in [4.69, 9.17) is 5.73 Å². The first kappa shape index (κ1) is 11.2. The van der Waals surface area contributed by atoms with E-state index >= 15 is 0 Å². The fraction of sp³-hybridized carbons (Fsp3) is 0.333. The molecule has 0 aliphatic heterocycles. The quantitative estimate of drug-likeness (QED) is 0.761. The van der Waals surface area contributed by atoms with Gasteiger partial charge in [-0.25, -0.2) is 0 Å². The third-order valence-electron chi connectivity index (χ3n) is 3.11. The van der Waals surface area contributed by atoms with Crippen molar-refractivity contribution in [1.29, 1.82) is 0 Å². The summed E-state index contributed by atoms with van der Waals surface area (Å²) in [5.41, 5.74) is 12.7. The maximum absolute atomic E-state index is 5.96. The molecule has 1 aliphatic carbocycles. The first-order valence-corrected chi connectivity index (χ1v) is 5.79. The smallest absolute Gasteiger partial charge is 0.0267 e. The van der Waals surface area contributed by atoms with E-state index in [1.807, 2.05) is 0 Å². The van der Waals surface area contributed by atoms with Gasteiger partial charge >= 0.3 is 0 Å². The third-order valence-corrected chi connectivity index (χ3v) is 3.11. The van der Waals surface area contributed by atoms with Crippen LogP contribution in [0, 0.1) is 20.8 Å². The monoisotopic (exact) mass is 213 g/mol. The topological polar surface area (TPSA) is 26.0 Å². The highest BCUT2D eigenvalue weighted by molar-refractivity contribution is 5.73. The lowest BCUT2D eigenvalue weighted by Crippen LogP contribution is -2.19. The lowest BCUT2D eigenvalue weighted by atomic mass is 9.88. The Kier molecular flexibility index (Phi) is 2.97. The summed E-state index contributed by atoms with van der Waals surface area (Å²) in [6.07, 6.45) is 7.26. The molecular formula is C15H19N. The van der Waals surface area contributed by atoms with Gasteiger partial charge in [0.2, 0.25) is 0 Å². The number of benzene rings is 1. The standard InChI is InChI=1S/C15H19N/c1-10-7-11(2)15(12(3)8-10)13-5-4-6-14(16)9-13/h4-8,14H,9,16H2,1-3H3. The first-order chi connectivity index (χ1) is 7.58. The molecule has 0 bridgehead atoms. The number of nitrogens with two attached hydrogens (primary N) is 1. The number of allylic oxidation sites excluding steroid dienone is 2. The molecule has 0 saturated heterocycles. The molecule has 1 aromatic rings. The van der Waals surface area contributed by atoms with Crippen LogP contribution in [0.3, 0.4) is 0 Å². The molecule has 1 nitrogen and oxygen atoms in total. The fourth-order valence-corrected chi connectivity index (χ4v) is 2.58. The highest BCUT2D eigenvalue weighted by Gasteiger charge is 2.13. The van der Waals surface area contributed by atoms with E-state index in [1.165, 1.54) is 27.8 Å². The Morgan fingerprint density at radius 2 is 1.75 bits per heavy atom. The summed E-state index contributed by atoms with van der Waals surface area (Å²) in [5.74, 6) is 0. The zero-order valence-electron chi connectivity index (χ0n) is 10.2. The van der Waals surface area contributed by atoms with E-state index in [0.717, 1.165) is 6.42 Å². The highest BCUT2D eigenvalue weighted by atomic mass is 14.6. The Morgan fingerprint density at radius 1 is 1.12 bits per heavy atom. The van der Waals surface area contributed by atoms with E-state index in [9.17, 15) is 0 Å². The number of hydrogen-bond donors (Lipinski definition) is 1. The summed E-state index contributed by atoms with van der Waals surface area (Å²) < 4.78 is 0. The number of rotatable bonds is 1. The summed E-state index contributed by atoms with van der Waals surface area (Å²) in [4.78, 5) is 0. The van der Waals surface area contributed by atoms with Crippen molar-refractivity contribution in [2.45, 2.75) is 33.2 Å². The molecule has 1 unspecified atom stereocenters. The lowest BCUT2D eigenvalue weighted by molar-refractivity contribution is 0.836. The van der Waals surface area contributed by atoms with Gasteiger partial charge in [0.25, 0.3) is 0 Å². The molecule has 1 heteroatoms. The minimum atomic E-state index is 0.167. The van der Waals surface area contributed by atoms with Crippen LogP contribution in [0.4, 0.5) is 0 Å². The Balaban J connectivity index is 2.48. The zero-order chi connectivity index (χ0) is 11.7.